The Labute approximate surface area is 120 Å². The number of thiophene rings is 1. The molecule has 2 aromatic rings. The summed E-state index contributed by atoms with van der Waals surface area (Å²) in [5, 5.41) is 13.3. The van der Waals surface area contributed by atoms with Gasteiger partial charge in [-0.05, 0) is 42.7 Å². The van der Waals surface area contributed by atoms with Crippen molar-refractivity contribution in [2.75, 3.05) is 11.4 Å². The van der Waals surface area contributed by atoms with Crippen molar-refractivity contribution in [2.24, 2.45) is 0 Å². The third kappa shape index (κ3) is 2.00. The SMILES string of the molecule is OC1CCCc2nc(N3CCc4sccc4C3)sc21. The van der Waals surface area contributed by atoms with E-state index in [0.717, 1.165) is 54.5 Å². The molecule has 1 atom stereocenters. The molecule has 0 amide bonds. The number of anilines is 1. The first kappa shape index (κ1) is 11.9. The van der Waals surface area contributed by atoms with Crippen molar-refractivity contribution in [1.82, 2.24) is 4.98 Å². The van der Waals surface area contributed by atoms with Gasteiger partial charge in [0.15, 0.2) is 5.13 Å². The van der Waals surface area contributed by atoms with Crippen molar-refractivity contribution in [3.05, 3.63) is 32.5 Å². The molecule has 1 unspecified atom stereocenters. The summed E-state index contributed by atoms with van der Waals surface area (Å²) in [6.07, 6.45) is 3.83. The first-order chi connectivity index (χ1) is 9.31. The predicted octanol–water partition coefficient (Wildman–Crippen LogP) is 3.14. The Kier molecular flexibility index (Phi) is 2.86. The summed E-state index contributed by atoms with van der Waals surface area (Å²) in [5.41, 5.74) is 2.58. The van der Waals surface area contributed by atoms with Crippen LogP contribution in [0.15, 0.2) is 11.4 Å². The van der Waals surface area contributed by atoms with E-state index in [2.05, 4.69) is 16.3 Å². The van der Waals surface area contributed by atoms with E-state index in [4.69, 9.17) is 4.98 Å². The largest absolute Gasteiger partial charge is 0.388 e. The molecule has 0 aromatic carbocycles. The number of rotatable bonds is 1. The minimum atomic E-state index is -0.281. The first-order valence-electron chi connectivity index (χ1n) is 6.79. The number of hydrogen-bond donors (Lipinski definition) is 1. The Bertz CT molecular complexity index is 604. The highest BCUT2D eigenvalue weighted by atomic mass is 32.1. The molecule has 4 rings (SSSR count). The minimum absolute atomic E-state index is 0.281. The van der Waals surface area contributed by atoms with Gasteiger partial charge in [-0.3, -0.25) is 0 Å². The van der Waals surface area contributed by atoms with Gasteiger partial charge >= 0.3 is 0 Å². The Morgan fingerprint density at radius 2 is 2.32 bits per heavy atom. The average molecular weight is 292 g/mol. The van der Waals surface area contributed by atoms with Gasteiger partial charge in [-0.1, -0.05) is 11.3 Å². The molecule has 2 aliphatic rings. The Morgan fingerprint density at radius 1 is 1.37 bits per heavy atom. The van der Waals surface area contributed by atoms with Crippen LogP contribution in [0.5, 0.6) is 0 Å². The second-order valence-corrected chi connectivity index (χ2v) is 7.27. The topological polar surface area (TPSA) is 36.4 Å². The lowest BCUT2D eigenvalue weighted by molar-refractivity contribution is 0.160. The van der Waals surface area contributed by atoms with Gasteiger partial charge in [-0.25, -0.2) is 4.98 Å². The Morgan fingerprint density at radius 3 is 3.21 bits per heavy atom. The summed E-state index contributed by atoms with van der Waals surface area (Å²) in [7, 11) is 0. The van der Waals surface area contributed by atoms with Crippen molar-refractivity contribution in [3.8, 4) is 0 Å². The van der Waals surface area contributed by atoms with Crippen molar-refractivity contribution in [1.29, 1.82) is 0 Å². The first-order valence-corrected chi connectivity index (χ1v) is 8.49. The van der Waals surface area contributed by atoms with E-state index >= 15 is 0 Å². The number of hydrogen-bond acceptors (Lipinski definition) is 5. The Hall–Kier alpha value is -0.910. The molecule has 0 radical (unpaired) electrons. The standard InChI is InChI=1S/C14H16N2OS2/c17-11-3-1-2-10-13(11)19-14(15-10)16-6-4-12-9(8-16)5-7-18-12/h5,7,11,17H,1-4,6,8H2. The van der Waals surface area contributed by atoms with Gasteiger partial charge in [-0.15, -0.1) is 11.3 Å². The number of fused-ring (bicyclic) bond motifs is 2. The monoisotopic (exact) mass is 292 g/mol. The zero-order valence-electron chi connectivity index (χ0n) is 10.6. The fourth-order valence-electron chi connectivity index (χ4n) is 2.93. The number of aryl methyl sites for hydroxylation is 1. The number of aliphatic hydroxyl groups is 1. The average Bonchev–Trinajstić information content (AvgIpc) is 3.04. The van der Waals surface area contributed by atoms with E-state index in [1.54, 1.807) is 11.3 Å². The van der Waals surface area contributed by atoms with E-state index in [9.17, 15) is 5.11 Å². The van der Waals surface area contributed by atoms with Gasteiger partial charge < -0.3 is 10.0 Å². The zero-order chi connectivity index (χ0) is 12.8. The maximum Gasteiger partial charge on any atom is 0.186 e. The van der Waals surface area contributed by atoms with Crippen molar-refractivity contribution >= 4 is 27.8 Å². The number of aliphatic hydroxyl groups excluding tert-OH is 1. The second kappa shape index (κ2) is 4.58. The van der Waals surface area contributed by atoms with Gasteiger partial charge in [0.25, 0.3) is 0 Å². The van der Waals surface area contributed by atoms with Gasteiger partial charge in [0.05, 0.1) is 16.7 Å². The summed E-state index contributed by atoms with van der Waals surface area (Å²) in [5.74, 6) is 0. The second-order valence-electron chi connectivity index (χ2n) is 5.26. The van der Waals surface area contributed by atoms with Crippen LogP contribution in [0.2, 0.25) is 0 Å². The molecule has 0 saturated heterocycles. The third-order valence-corrected chi connectivity index (χ3v) is 6.27. The molecule has 3 heterocycles. The van der Waals surface area contributed by atoms with E-state index < -0.39 is 0 Å². The van der Waals surface area contributed by atoms with Crippen molar-refractivity contribution < 1.29 is 5.11 Å². The van der Waals surface area contributed by atoms with Gasteiger partial charge in [0, 0.05) is 18.0 Å². The summed E-state index contributed by atoms with van der Waals surface area (Å²) in [4.78, 5) is 9.77. The summed E-state index contributed by atoms with van der Waals surface area (Å²) in [6.45, 7) is 2.03. The van der Waals surface area contributed by atoms with E-state index in [0.29, 0.717) is 0 Å². The van der Waals surface area contributed by atoms with Crippen LogP contribution in [0.4, 0.5) is 5.13 Å². The maximum absolute atomic E-state index is 10.1. The normalized spacial score (nSPS) is 22.2. The summed E-state index contributed by atoms with van der Waals surface area (Å²) in [6, 6.07) is 2.23. The van der Waals surface area contributed by atoms with Gasteiger partial charge in [0.1, 0.15) is 0 Å². The molecule has 2 aromatic heterocycles. The van der Waals surface area contributed by atoms with Gasteiger partial charge in [-0.2, -0.15) is 0 Å². The lowest BCUT2D eigenvalue weighted by Gasteiger charge is -2.26. The fourth-order valence-corrected chi connectivity index (χ4v) is 4.98. The molecule has 100 valence electrons. The van der Waals surface area contributed by atoms with Gasteiger partial charge in [0.2, 0.25) is 0 Å². The summed E-state index contributed by atoms with van der Waals surface area (Å²) >= 11 is 3.56. The molecule has 0 fully saturated rings. The van der Waals surface area contributed by atoms with Crippen molar-refractivity contribution in [3.63, 3.8) is 0 Å². The molecule has 1 aliphatic heterocycles. The number of aromatic nitrogens is 1. The minimum Gasteiger partial charge on any atom is -0.388 e. The number of thiazole rings is 1. The smallest absolute Gasteiger partial charge is 0.186 e. The van der Waals surface area contributed by atoms with Crippen LogP contribution in [0.25, 0.3) is 0 Å². The lowest BCUT2D eigenvalue weighted by Crippen LogP contribution is -2.29. The molecule has 19 heavy (non-hydrogen) atoms. The molecular weight excluding hydrogens is 276 g/mol. The fraction of sp³-hybridized carbons (Fsp3) is 0.500. The van der Waals surface area contributed by atoms with Crippen LogP contribution < -0.4 is 4.90 Å². The lowest BCUT2D eigenvalue weighted by atomic mass is 10.0. The molecular formula is C14H16N2OS2. The highest BCUT2D eigenvalue weighted by Crippen LogP contribution is 2.39. The molecule has 5 heteroatoms. The van der Waals surface area contributed by atoms with E-state index in [1.807, 2.05) is 11.3 Å². The Balaban J connectivity index is 1.64. The summed E-state index contributed by atoms with van der Waals surface area (Å²) < 4.78 is 0. The maximum atomic E-state index is 10.1. The van der Waals surface area contributed by atoms with Crippen LogP contribution in [-0.2, 0) is 19.4 Å². The number of nitrogens with zero attached hydrogens (tertiary/aromatic N) is 2. The molecule has 1 aliphatic carbocycles. The molecule has 0 bridgehead atoms. The zero-order valence-corrected chi connectivity index (χ0v) is 12.3. The third-order valence-electron chi connectivity index (χ3n) is 3.99. The molecule has 0 spiro atoms. The molecule has 1 N–H and O–H groups in total. The quantitative estimate of drug-likeness (QED) is 0.877. The van der Waals surface area contributed by atoms with E-state index in [-0.39, 0.29) is 6.10 Å². The molecule has 0 saturated carbocycles. The van der Waals surface area contributed by atoms with Crippen molar-refractivity contribution in [2.45, 2.75) is 38.3 Å². The van der Waals surface area contributed by atoms with Crippen LogP contribution >= 0.6 is 22.7 Å². The highest BCUT2D eigenvalue weighted by Gasteiger charge is 2.26. The highest BCUT2D eigenvalue weighted by molar-refractivity contribution is 7.15. The van der Waals surface area contributed by atoms with Crippen LogP contribution in [-0.4, -0.2) is 16.6 Å². The van der Waals surface area contributed by atoms with Crippen LogP contribution in [0.3, 0.4) is 0 Å². The molecule has 3 nitrogen and oxygen atoms in total. The van der Waals surface area contributed by atoms with Crippen LogP contribution in [0, 0.1) is 0 Å². The van der Waals surface area contributed by atoms with E-state index in [1.165, 1.54) is 10.4 Å². The van der Waals surface area contributed by atoms with Crippen LogP contribution in [0.1, 0.15) is 40.0 Å². The predicted molar refractivity (Wildman–Crippen MR) is 79.1 cm³/mol.